The summed E-state index contributed by atoms with van der Waals surface area (Å²) in [5.41, 5.74) is 10.5. The smallest absolute Gasteiger partial charge is 0.102 e. The predicted octanol–water partition coefficient (Wildman–Crippen LogP) is 3.99. The van der Waals surface area contributed by atoms with Crippen LogP contribution in [0.4, 0.5) is 5.69 Å². The number of hydrogen-bond donors (Lipinski definition) is 1. The van der Waals surface area contributed by atoms with Crippen molar-refractivity contribution in [2.45, 2.75) is 17.6 Å². The van der Waals surface area contributed by atoms with E-state index in [1.165, 1.54) is 10.5 Å². The molecule has 2 N–H and O–H groups in total. The third-order valence-electron chi connectivity index (χ3n) is 3.46. The molecule has 3 aromatic rings. The van der Waals surface area contributed by atoms with Crippen molar-refractivity contribution in [3.8, 4) is 6.07 Å². The predicted molar refractivity (Wildman–Crippen MR) is 87.3 cm³/mol. The third-order valence-corrected chi connectivity index (χ3v) is 4.68. The maximum Gasteiger partial charge on any atom is 0.102 e. The van der Waals surface area contributed by atoms with E-state index in [1.807, 2.05) is 53.2 Å². The molecule has 3 nitrogen and oxygen atoms in total. The van der Waals surface area contributed by atoms with Gasteiger partial charge in [-0.2, -0.15) is 5.26 Å². The fourth-order valence-electron chi connectivity index (χ4n) is 2.41. The van der Waals surface area contributed by atoms with Crippen molar-refractivity contribution in [3.63, 3.8) is 0 Å². The monoisotopic (exact) mass is 293 g/mol. The molecule has 104 valence electrons. The van der Waals surface area contributed by atoms with E-state index < -0.39 is 0 Å². The summed E-state index contributed by atoms with van der Waals surface area (Å²) in [5, 5.41) is 9.40. The zero-order chi connectivity index (χ0) is 14.8. The first kappa shape index (κ1) is 13.6. The summed E-state index contributed by atoms with van der Waals surface area (Å²) >= 11 is 1.73. The summed E-state index contributed by atoms with van der Waals surface area (Å²) in [6, 6.07) is 14.1. The topological polar surface area (TPSA) is 54.2 Å². The minimum absolute atomic E-state index is 0.760. The molecule has 0 aliphatic heterocycles. The van der Waals surface area contributed by atoms with Crippen LogP contribution in [0.3, 0.4) is 0 Å². The molecule has 0 fully saturated rings. The quantitative estimate of drug-likeness (QED) is 0.586. The standard InChI is InChI=1S/C17H15N3S/c1-12-8-14(19)5-6-17(12)21-11-13-10-20-7-3-2-4-16(20)15(13)9-18/h2-8,10H,11,19H2,1H3. The minimum Gasteiger partial charge on any atom is -0.399 e. The molecular weight excluding hydrogens is 278 g/mol. The zero-order valence-corrected chi connectivity index (χ0v) is 12.5. The van der Waals surface area contributed by atoms with Crippen LogP contribution in [0.1, 0.15) is 16.7 Å². The van der Waals surface area contributed by atoms with Crippen LogP contribution in [0.5, 0.6) is 0 Å². The van der Waals surface area contributed by atoms with E-state index in [1.54, 1.807) is 11.8 Å². The molecule has 4 heteroatoms. The Bertz CT molecular complexity index is 843. The third kappa shape index (κ3) is 2.61. The number of fused-ring (bicyclic) bond motifs is 1. The van der Waals surface area contributed by atoms with E-state index in [0.29, 0.717) is 0 Å². The van der Waals surface area contributed by atoms with Gasteiger partial charge in [0.1, 0.15) is 6.07 Å². The van der Waals surface area contributed by atoms with Gasteiger partial charge in [-0.25, -0.2) is 0 Å². The summed E-state index contributed by atoms with van der Waals surface area (Å²) in [4.78, 5) is 1.20. The van der Waals surface area contributed by atoms with Gasteiger partial charge < -0.3 is 10.1 Å². The highest BCUT2D eigenvalue weighted by molar-refractivity contribution is 7.98. The molecule has 0 bridgehead atoms. The van der Waals surface area contributed by atoms with Gasteiger partial charge in [0.05, 0.1) is 11.1 Å². The van der Waals surface area contributed by atoms with Crippen LogP contribution in [-0.2, 0) is 5.75 Å². The highest BCUT2D eigenvalue weighted by Gasteiger charge is 2.10. The Labute approximate surface area is 128 Å². The molecule has 0 unspecified atom stereocenters. The Balaban J connectivity index is 1.90. The summed E-state index contributed by atoms with van der Waals surface area (Å²) in [6.07, 6.45) is 4.01. The van der Waals surface area contributed by atoms with Crippen molar-refractivity contribution >= 4 is 23.0 Å². The van der Waals surface area contributed by atoms with Gasteiger partial charge in [-0.15, -0.1) is 11.8 Å². The molecule has 0 amide bonds. The van der Waals surface area contributed by atoms with Crippen molar-refractivity contribution in [3.05, 3.63) is 65.5 Å². The number of thioether (sulfide) groups is 1. The molecule has 0 spiro atoms. The number of nitrogen functional groups attached to an aromatic ring is 1. The number of nitrogens with zero attached hydrogens (tertiary/aromatic N) is 2. The van der Waals surface area contributed by atoms with Crippen LogP contribution >= 0.6 is 11.8 Å². The fraction of sp³-hybridized carbons (Fsp3) is 0.118. The zero-order valence-electron chi connectivity index (χ0n) is 11.7. The maximum absolute atomic E-state index is 9.40. The molecular formula is C17H15N3S. The highest BCUT2D eigenvalue weighted by atomic mass is 32.2. The second-order valence-electron chi connectivity index (χ2n) is 4.95. The molecule has 0 saturated heterocycles. The van der Waals surface area contributed by atoms with Gasteiger partial charge in [-0.05, 0) is 48.4 Å². The van der Waals surface area contributed by atoms with Crippen LogP contribution in [0.15, 0.2) is 53.7 Å². The molecule has 2 aromatic heterocycles. The number of nitriles is 1. The molecule has 0 aliphatic rings. The number of aromatic nitrogens is 1. The number of pyridine rings is 1. The van der Waals surface area contributed by atoms with Crippen LogP contribution < -0.4 is 5.73 Å². The Morgan fingerprint density at radius 3 is 2.90 bits per heavy atom. The largest absolute Gasteiger partial charge is 0.399 e. The van der Waals surface area contributed by atoms with E-state index >= 15 is 0 Å². The van der Waals surface area contributed by atoms with Gasteiger partial charge in [0.2, 0.25) is 0 Å². The lowest BCUT2D eigenvalue weighted by atomic mass is 10.2. The molecule has 0 atom stereocenters. The Morgan fingerprint density at radius 1 is 1.29 bits per heavy atom. The van der Waals surface area contributed by atoms with Crippen molar-refractivity contribution in [2.75, 3.05) is 5.73 Å². The van der Waals surface area contributed by atoms with Gasteiger partial charge in [-0.3, -0.25) is 0 Å². The number of aryl methyl sites for hydroxylation is 1. The molecule has 0 radical (unpaired) electrons. The van der Waals surface area contributed by atoms with Crippen LogP contribution in [0.2, 0.25) is 0 Å². The molecule has 1 aromatic carbocycles. The molecule has 0 aliphatic carbocycles. The molecule has 21 heavy (non-hydrogen) atoms. The first-order chi connectivity index (χ1) is 10.2. The first-order valence-corrected chi connectivity index (χ1v) is 7.65. The summed E-state index contributed by atoms with van der Waals surface area (Å²) in [5.74, 6) is 0.773. The Kier molecular flexibility index (Phi) is 3.59. The number of nitrogens with two attached hydrogens (primary N) is 1. The molecule has 3 rings (SSSR count). The van der Waals surface area contributed by atoms with Crippen LogP contribution in [0.25, 0.3) is 5.52 Å². The maximum atomic E-state index is 9.40. The fourth-order valence-corrected chi connectivity index (χ4v) is 3.39. The van der Waals surface area contributed by atoms with Gasteiger partial charge in [-0.1, -0.05) is 6.07 Å². The van der Waals surface area contributed by atoms with E-state index in [2.05, 4.69) is 13.0 Å². The summed E-state index contributed by atoms with van der Waals surface area (Å²) in [7, 11) is 0. The van der Waals surface area contributed by atoms with Crippen molar-refractivity contribution in [2.24, 2.45) is 0 Å². The van der Waals surface area contributed by atoms with Gasteiger partial charge in [0, 0.05) is 28.7 Å². The Morgan fingerprint density at radius 2 is 2.14 bits per heavy atom. The second kappa shape index (κ2) is 5.55. The lowest BCUT2D eigenvalue weighted by Crippen LogP contribution is -1.88. The van der Waals surface area contributed by atoms with E-state index in [4.69, 9.17) is 5.73 Å². The molecule has 2 heterocycles. The number of hydrogen-bond acceptors (Lipinski definition) is 3. The normalized spacial score (nSPS) is 10.7. The van der Waals surface area contributed by atoms with Crippen LogP contribution in [-0.4, -0.2) is 4.40 Å². The summed E-state index contributed by atoms with van der Waals surface area (Å²) < 4.78 is 2.00. The summed E-state index contributed by atoms with van der Waals surface area (Å²) in [6.45, 7) is 2.06. The minimum atomic E-state index is 0.760. The van der Waals surface area contributed by atoms with E-state index in [0.717, 1.165) is 28.1 Å². The number of anilines is 1. The second-order valence-corrected chi connectivity index (χ2v) is 5.97. The lowest BCUT2D eigenvalue weighted by Gasteiger charge is -2.05. The van der Waals surface area contributed by atoms with E-state index in [9.17, 15) is 5.26 Å². The lowest BCUT2D eigenvalue weighted by molar-refractivity contribution is 1.18. The first-order valence-electron chi connectivity index (χ1n) is 6.66. The highest BCUT2D eigenvalue weighted by Crippen LogP contribution is 2.30. The van der Waals surface area contributed by atoms with Gasteiger partial charge >= 0.3 is 0 Å². The number of rotatable bonds is 3. The SMILES string of the molecule is Cc1cc(N)ccc1SCc1cn2ccccc2c1C#N. The van der Waals surface area contributed by atoms with Crippen molar-refractivity contribution in [1.29, 1.82) is 5.26 Å². The van der Waals surface area contributed by atoms with Crippen molar-refractivity contribution < 1.29 is 0 Å². The van der Waals surface area contributed by atoms with Gasteiger partial charge in [0.25, 0.3) is 0 Å². The average molecular weight is 293 g/mol. The average Bonchev–Trinajstić information content (AvgIpc) is 2.83. The van der Waals surface area contributed by atoms with Crippen molar-refractivity contribution in [1.82, 2.24) is 4.40 Å². The molecule has 0 saturated carbocycles. The Hall–Kier alpha value is -2.38. The van der Waals surface area contributed by atoms with E-state index in [-0.39, 0.29) is 0 Å². The van der Waals surface area contributed by atoms with Crippen LogP contribution in [0, 0.1) is 18.3 Å². The number of benzene rings is 1. The van der Waals surface area contributed by atoms with Gasteiger partial charge in [0.15, 0.2) is 0 Å².